The third kappa shape index (κ3) is 5.21. The number of nitrogens with zero attached hydrogens (tertiary/aromatic N) is 1. The van der Waals surface area contributed by atoms with E-state index in [2.05, 4.69) is 4.90 Å². The standard InChI is InChI=1S/C20H22ClNO3/c21-18-7-3-16(4-8-18)14-25-19-9-5-15(6-10-19)12-22-11-1-2-17(13-22)20(23)24/h3-10,17H,1-2,11-14H2,(H,23,24). The number of halogens is 1. The predicted octanol–water partition coefficient (Wildman–Crippen LogP) is 4.22. The zero-order valence-corrected chi connectivity index (χ0v) is 14.8. The van der Waals surface area contributed by atoms with Crippen LogP contribution >= 0.6 is 11.6 Å². The van der Waals surface area contributed by atoms with Gasteiger partial charge in [0.2, 0.25) is 0 Å². The molecule has 1 N–H and O–H groups in total. The number of aliphatic carboxylic acids is 1. The van der Waals surface area contributed by atoms with E-state index in [0.717, 1.165) is 42.3 Å². The Balaban J connectivity index is 1.51. The molecule has 2 aromatic rings. The molecule has 1 fully saturated rings. The van der Waals surface area contributed by atoms with Gasteiger partial charge in [0.05, 0.1) is 5.92 Å². The molecule has 0 saturated carbocycles. The normalized spacial score (nSPS) is 18.0. The summed E-state index contributed by atoms with van der Waals surface area (Å²) in [5, 5.41) is 9.89. The lowest BCUT2D eigenvalue weighted by Gasteiger charge is -2.30. The number of hydrogen-bond donors (Lipinski definition) is 1. The van der Waals surface area contributed by atoms with Crippen molar-refractivity contribution in [1.29, 1.82) is 0 Å². The maximum absolute atomic E-state index is 11.2. The van der Waals surface area contributed by atoms with Crippen LogP contribution in [0.4, 0.5) is 0 Å². The molecular weight excluding hydrogens is 338 g/mol. The monoisotopic (exact) mass is 359 g/mol. The second kappa shape index (κ2) is 8.37. The molecule has 0 aromatic heterocycles. The largest absolute Gasteiger partial charge is 0.489 e. The Bertz CT molecular complexity index is 700. The van der Waals surface area contributed by atoms with Gasteiger partial charge in [-0.3, -0.25) is 9.69 Å². The number of rotatable bonds is 6. The molecule has 5 heteroatoms. The van der Waals surface area contributed by atoms with E-state index in [9.17, 15) is 9.90 Å². The summed E-state index contributed by atoms with van der Waals surface area (Å²) in [4.78, 5) is 13.4. The van der Waals surface area contributed by atoms with Crippen LogP contribution in [0.2, 0.25) is 5.02 Å². The van der Waals surface area contributed by atoms with Gasteiger partial charge in [-0.15, -0.1) is 0 Å². The molecule has 4 nitrogen and oxygen atoms in total. The van der Waals surface area contributed by atoms with Crippen molar-refractivity contribution in [3.8, 4) is 5.75 Å². The quantitative estimate of drug-likeness (QED) is 0.839. The maximum atomic E-state index is 11.2. The Morgan fingerprint density at radius 1 is 1.12 bits per heavy atom. The third-order valence-corrected chi connectivity index (χ3v) is 4.76. The van der Waals surface area contributed by atoms with Crippen molar-refractivity contribution < 1.29 is 14.6 Å². The molecule has 0 bridgehead atoms. The minimum Gasteiger partial charge on any atom is -0.489 e. The molecule has 3 rings (SSSR count). The summed E-state index contributed by atoms with van der Waals surface area (Å²) in [7, 11) is 0. The number of carbonyl (C=O) groups is 1. The molecule has 0 amide bonds. The lowest BCUT2D eigenvalue weighted by atomic mass is 9.98. The Hall–Kier alpha value is -2.04. The zero-order valence-electron chi connectivity index (χ0n) is 14.0. The van der Waals surface area contributed by atoms with Crippen LogP contribution in [-0.4, -0.2) is 29.1 Å². The van der Waals surface area contributed by atoms with Gasteiger partial charge in [-0.25, -0.2) is 0 Å². The van der Waals surface area contributed by atoms with E-state index in [-0.39, 0.29) is 5.92 Å². The Morgan fingerprint density at radius 3 is 2.48 bits per heavy atom. The topological polar surface area (TPSA) is 49.8 Å². The number of likely N-dealkylation sites (tertiary alicyclic amines) is 1. The van der Waals surface area contributed by atoms with E-state index in [0.29, 0.717) is 13.2 Å². The number of piperidine rings is 1. The summed E-state index contributed by atoms with van der Waals surface area (Å²) in [6, 6.07) is 15.6. The second-order valence-corrected chi connectivity index (χ2v) is 6.91. The summed E-state index contributed by atoms with van der Waals surface area (Å²) < 4.78 is 5.79. The molecule has 1 heterocycles. The number of ether oxygens (including phenoxy) is 1. The van der Waals surface area contributed by atoms with Gasteiger partial charge in [0, 0.05) is 18.1 Å². The molecule has 1 saturated heterocycles. The number of carboxylic acids is 1. The molecule has 1 aliphatic heterocycles. The number of carboxylic acid groups (broad SMARTS) is 1. The molecule has 1 atom stereocenters. The highest BCUT2D eigenvalue weighted by molar-refractivity contribution is 6.30. The zero-order chi connectivity index (χ0) is 17.6. The van der Waals surface area contributed by atoms with Gasteiger partial charge in [-0.05, 0) is 54.8 Å². The van der Waals surface area contributed by atoms with Gasteiger partial charge >= 0.3 is 5.97 Å². The van der Waals surface area contributed by atoms with E-state index in [1.165, 1.54) is 5.56 Å². The van der Waals surface area contributed by atoms with E-state index < -0.39 is 5.97 Å². The smallest absolute Gasteiger partial charge is 0.307 e. The molecule has 0 aliphatic carbocycles. The van der Waals surface area contributed by atoms with Crippen LogP contribution in [0.5, 0.6) is 5.75 Å². The average Bonchev–Trinajstić information content (AvgIpc) is 2.63. The van der Waals surface area contributed by atoms with Crippen LogP contribution < -0.4 is 4.74 Å². The van der Waals surface area contributed by atoms with Crippen LogP contribution in [0.1, 0.15) is 24.0 Å². The van der Waals surface area contributed by atoms with Crippen LogP contribution in [0.15, 0.2) is 48.5 Å². The summed E-state index contributed by atoms with van der Waals surface area (Å²) in [6.07, 6.45) is 1.72. The lowest BCUT2D eigenvalue weighted by molar-refractivity contribution is -0.143. The van der Waals surface area contributed by atoms with Crippen LogP contribution in [0.3, 0.4) is 0 Å². The Kier molecular flexibility index (Phi) is 5.95. The van der Waals surface area contributed by atoms with Gasteiger partial charge in [0.25, 0.3) is 0 Å². The van der Waals surface area contributed by atoms with E-state index in [4.69, 9.17) is 16.3 Å². The number of benzene rings is 2. The highest BCUT2D eigenvalue weighted by atomic mass is 35.5. The first-order chi connectivity index (χ1) is 12.1. The average molecular weight is 360 g/mol. The summed E-state index contributed by atoms with van der Waals surface area (Å²) >= 11 is 5.88. The van der Waals surface area contributed by atoms with Gasteiger partial charge in [0.1, 0.15) is 12.4 Å². The Morgan fingerprint density at radius 2 is 1.80 bits per heavy atom. The van der Waals surface area contributed by atoms with Gasteiger partial charge in [-0.1, -0.05) is 35.9 Å². The third-order valence-electron chi connectivity index (χ3n) is 4.50. The van der Waals surface area contributed by atoms with Crippen LogP contribution in [-0.2, 0) is 17.9 Å². The highest BCUT2D eigenvalue weighted by Crippen LogP contribution is 2.20. The second-order valence-electron chi connectivity index (χ2n) is 6.47. The van der Waals surface area contributed by atoms with Crippen molar-refractivity contribution in [2.75, 3.05) is 13.1 Å². The fourth-order valence-corrected chi connectivity index (χ4v) is 3.22. The van der Waals surface area contributed by atoms with Crippen LogP contribution in [0.25, 0.3) is 0 Å². The first-order valence-electron chi connectivity index (χ1n) is 8.51. The van der Waals surface area contributed by atoms with Gasteiger partial charge in [-0.2, -0.15) is 0 Å². The van der Waals surface area contributed by atoms with Crippen molar-refractivity contribution in [2.45, 2.75) is 26.0 Å². The molecule has 0 radical (unpaired) electrons. The molecule has 25 heavy (non-hydrogen) atoms. The fourth-order valence-electron chi connectivity index (χ4n) is 3.10. The first kappa shape index (κ1) is 17.8. The summed E-state index contributed by atoms with van der Waals surface area (Å²) in [6.45, 7) is 2.87. The molecule has 0 spiro atoms. The van der Waals surface area contributed by atoms with Crippen molar-refractivity contribution in [2.24, 2.45) is 5.92 Å². The van der Waals surface area contributed by atoms with E-state index >= 15 is 0 Å². The molecule has 1 aliphatic rings. The summed E-state index contributed by atoms with van der Waals surface area (Å²) in [5.74, 6) is -0.105. The molecular formula is C20H22ClNO3. The van der Waals surface area contributed by atoms with Crippen molar-refractivity contribution in [3.05, 3.63) is 64.7 Å². The first-order valence-corrected chi connectivity index (χ1v) is 8.89. The minimum atomic E-state index is -0.685. The number of hydrogen-bond acceptors (Lipinski definition) is 3. The fraction of sp³-hybridized carbons (Fsp3) is 0.350. The highest BCUT2D eigenvalue weighted by Gasteiger charge is 2.25. The van der Waals surface area contributed by atoms with Crippen molar-refractivity contribution in [1.82, 2.24) is 4.90 Å². The van der Waals surface area contributed by atoms with Crippen molar-refractivity contribution >= 4 is 17.6 Å². The maximum Gasteiger partial charge on any atom is 0.307 e. The lowest BCUT2D eigenvalue weighted by Crippen LogP contribution is -2.38. The van der Waals surface area contributed by atoms with Gasteiger partial charge < -0.3 is 9.84 Å². The molecule has 1 unspecified atom stereocenters. The van der Waals surface area contributed by atoms with Crippen molar-refractivity contribution in [3.63, 3.8) is 0 Å². The molecule has 2 aromatic carbocycles. The predicted molar refractivity (Wildman–Crippen MR) is 97.9 cm³/mol. The SMILES string of the molecule is O=C(O)C1CCCN(Cc2ccc(OCc3ccc(Cl)cc3)cc2)C1. The Labute approximate surface area is 153 Å². The van der Waals surface area contributed by atoms with E-state index in [1.54, 1.807) is 0 Å². The minimum absolute atomic E-state index is 0.240. The van der Waals surface area contributed by atoms with Gasteiger partial charge in [0.15, 0.2) is 0 Å². The summed E-state index contributed by atoms with van der Waals surface area (Å²) in [5.41, 5.74) is 2.24. The van der Waals surface area contributed by atoms with E-state index in [1.807, 2.05) is 48.5 Å². The molecule has 132 valence electrons. The van der Waals surface area contributed by atoms with Crippen LogP contribution in [0, 0.1) is 5.92 Å².